The van der Waals surface area contributed by atoms with Gasteiger partial charge in [-0.2, -0.15) is 0 Å². The maximum Gasteiger partial charge on any atom is 0 e. The maximum absolute atomic E-state index is 1.47. The molecule has 0 aliphatic rings. The molecule has 1 radical (unpaired) electrons. The van der Waals surface area contributed by atoms with E-state index in [1.54, 1.807) is 0 Å². The Hall–Kier alpha value is 2.24. The van der Waals surface area contributed by atoms with Gasteiger partial charge in [-0.1, -0.05) is 0 Å². The van der Waals surface area contributed by atoms with Crippen molar-refractivity contribution >= 4 is 31.2 Å². The van der Waals surface area contributed by atoms with Crippen molar-refractivity contribution in [2.24, 2.45) is 0 Å². The Bertz CT molecular complexity index is 8.00. The van der Waals surface area contributed by atoms with Gasteiger partial charge >= 0.3 is 31.2 Å². The van der Waals surface area contributed by atoms with Crippen LogP contribution in [0, 0.1) is 0 Å². The molecule has 0 atom stereocenters. The van der Waals surface area contributed by atoms with Crippen molar-refractivity contribution in [3.63, 3.8) is 0 Å². The molecular formula is H5BiCuSiZn. The second-order valence-electron chi connectivity index (χ2n) is 0. The molecule has 4 heteroatoms. The zero-order chi connectivity index (χ0) is 2.00. The van der Waals surface area contributed by atoms with Gasteiger partial charge in [0.2, 0.25) is 0 Å². The predicted octanol–water partition coefficient (Wildman–Crippen LogP) is -2.11. The summed E-state index contributed by atoms with van der Waals surface area (Å²) >= 11 is 1.31. The van der Waals surface area contributed by atoms with Gasteiger partial charge in [0.1, 0.15) is 0 Å². The van der Waals surface area contributed by atoms with Gasteiger partial charge in [0.25, 0.3) is 0 Å². The molecule has 0 unspecified atom stereocenters. The van der Waals surface area contributed by atoms with Crippen molar-refractivity contribution in [3.05, 3.63) is 0 Å². The summed E-state index contributed by atoms with van der Waals surface area (Å²) in [7, 11) is 1.47. The summed E-state index contributed by atoms with van der Waals surface area (Å²) in [5.41, 5.74) is 0. The minimum atomic E-state index is 0. The molecule has 27 valence electrons. The van der Waals surface area contributed by atoms with Crippen molar-refractivity contribution in [1.82, 2.24) is 0 Å². The smallest absolute Gasteiger partial charge is 0 e. The normalized spacial score (nSPS) is 2.25. The molecule has 0 saturated heterocycles. The van der Waals surface area contributed by atoms with Crippen LogP contribution in [0.4, 0.5) is 0 Å². The summed E-state index contributed by atoms with van der Waals surface area (Å²) in [4.78, 5) is 0. The standard InChI is InChI=1S/Bi.Cu.H3Si.Zn.2H/h;;1H3;;;. The number of hydrogen-bond acceptors (Lipinski definition) is 0. The third-order valence-corrected chi connectivity index (χ3v) is 0. The van der Waals surface area contributed by atoms with Crippen LogP contribution in [-0.2, 0) is 36.5 Å². The van der Waals surface area contributed by atoms with Crippen LogP contribution in [0.3, 0.4) is 0 Å². The summed E-state index contributed by atoms with van der Waals surface area (Å²) < 4.78 is 0. The molecule has 0 bridgehead atoms. The quantitative estimate of drug-likeness (QED) is 0.428. The minimum absolute atomic E-state index is 0. The molecule has 0 aliphatic carbocycles. The SMILES string of the molecule is [Cu].[SiH3][BiH2].[Zn]. The predicted molar refractivity (Wildman–Crippen MR) is 18.5 cm³/mol. The van der Waals surface area contributed by atoms with Crippen LogP contribution < -0.4 is 0 Å². The van der Waals surface area contributed by atoms with E-state index < -0.39 is 0 Å². The van der Waals surface area contributed by atoms with Crippen molar-refractivity contribution in [3.8, 4) is 0 Å². The van der Waals surface area contributed by atoms with Crippen molar-refractivity contribution < 1.29 is 36.5 Å². The van der Waals surface area contributed by atoms with E-state index in [1.807, 2.05) is 0 Å². The molecule has 0 aromatic rings. The van der Waals surface area contributed by atoms with Crippen LogP contribution in [0.15, 0.2) is 0 Å². The van der Waals surface area contributed by atoms with Crippen molar-refractivity contribution in [2.45, 2.75) is 0 Å². The molecule has 0 N–H and O–H groups in total. The summed E-state index contributed by atoms with van der Waals surface area (Å²) in [5.74, 6) is 0. The van der Waals surface area contributed by atoms with Gasteiger partial charge in [0, 0.05) is 36.5 Å². The Morgan fingerprint density at radius 1 is 1.25 bits per heavy atom. The molecule has 0 heterocycles. The summed E-state index contributed by atoms with van der Waals surface area (Å²) in [6.45, 7) is 0. The van der Waals surface area contributed by atoms with Gasteiger partial charge in [0.15, 0.2) is 0 Å². The first-order valence-electron chi connectivity index (χ1n) is 0.577. The van der Waals surface area contributed by atoms with E-state index in [-0.39, 0.29) is 36.5 Å². The third kappa shape index (κ3) is 8.87. The Morgan fingerprint density at radius 3 is 1.25 bits per heavy atom. The van der Waals surface area contributed by atoms with Gasteiger partial charge in [-0.15, -0.1) is 0 Å². The first kappa shape index (κ1) is 16.3. The average Bonchev–Trinajstić information content (AvgIpc) is 1.00. The summed E-state index contributed by atoms with van der Waals surface area (Å²) in [6.07, 6.45) is 0. The van der Waals surface area contributed by atoms with Gasteiger partial charge in [-0.05, 0) is 0 Å². The molecule has 0 fully saturated rings. The van der Waals surface area contributed by atoms with Gasteiger partial charge < -0.3 is 0 Å². The van der Waals surface area contributed by atoms with E-state index in [2.05, 4.69) is 0 Å². The first-order valence-corrected chi connectivity index (χ1v) is 15.2. The van der Waals surface area contributed by atoms with Crippen molar-refractivity contribution in [1.29, 1.82) is 0 Å². The molecular weight excluding hydrogens is 366 g/mol. The number of rotatable bonds is 0. The van der Waals surface area contributed by atoms with Gasteiger partial charge in [0.05, 0.1) is 0 Å². The fourth-order valence-corrected chi connectivity index (χ4v) is 0. The summed E-state index contributed by atoms with van der Waals surface area (Å²) in [6, 6.07) is 0. The van der Waals surface area contributed by atoms with Crippen LogP contribution in [0.5, 0.6) is 0 Å². The largest absolute Gasteiger partial charge is 0 e. The van der Waals surface area contributed by atoms with Crippen LogP contribution in [0.1, 0.15) is 0 Å². The molecule has 0 rings (SSSR count). The number of hydrogen-bond donors (Lipinski definition) is 0. The van der Waals surface area contributed by atoms with E-state index in [9.17, 15) is 0 Å². The van der Waals surface area contributed by atoms with Gasteiger partial charge in [-0.25, -0.2) is 0 Å². The second kappa shape index (κ2) is 18.8. The molecule has 0 aromatic carbocycles. The van der Waals surface area contributed by atoms with E-state index in [1.165, 1.54) is 31.2 Å². The average molecular weight is 371 g/mol. The Morgan fingerprint density at radius 2 is 1.25 bits per heavy atom. The third-order valence-electron chi connectivity index (χ3n) is 0. The Labute approximate surface area is 66.9 Å². The van der Waals surface area contributed by atoms with Crippen LogP contribution in [0.25, 0.3) is 0 Å². The molecule has 4 heavy (non-hydrogen) atoms. The maximum atomic E-state index is 1.47. The Balaban J connectivity index is -0.00000000500. The molecule has 0 spiro atoms. The molecule has 0 saturated carbocycles. The second-order valence-corrected chi connectivity index (χ2v) is 0. The monoisotopic (exact) mass is 369 g/mol. The van der Waals surface area contributed by atoms with Crippen LogP contribution in [0.2, 0.25) is 0 Å². The van der Waals surface area contributed by atoms with Crippen LogP contribution in [-0.4, -0.2) is 31.2 Å². The van der Waals surface area contributed by atoms with Crippen molar-refractivity contribution in [2.75, 3.05) is 0 Å². The van der Waals surface area contributed by atoms with E-state index in [0.29, 0.717) is 0 Å². The molecule has 0 amide bonds. The molecule has 0 aromatic heterocycles. The van der Waals surface area contributed by atoms with Crippen LogP contribution >= 0.6 is 0 Å². The zero-order valence-corrected chi connectivity index (χ0v) is 13.0. The van der Waals surface area contributed by atoms with E-state index in [0.717, 1.165) is 0 Å². The zero-order valence-electron chi connectivity index (χ0n) is 2.59. The van der Waals surface area contributed by atoms with Gasteiger partial charge in [-0.3, -0.25) is 0 Å². The van der Waals surface area contributed by atoms with E-state index >= 15 is 0 Å². The fraction of sp³-hybridized carbons (Fsp3) is 0. The summed E-state index contributed by atoms with van der Waals surface area (Å²) in [5, 5.41) is 0. The minimum Gasteiger partial charge on any atom is 0 e. The first-order chi connectivity index (χ1) is 1.00. The fourth-order valence-electron chi connectivity index (χ4n) is 0. The Kier molecular flexibility index (Phi) is 76.5. The molecule has 0 aliphatic heterocycles. The topological polar surface area (TPSA) is 0 Å². The molecule has 0 nitrogen and oxygen atoms in total. The van der Waals surface area contributed by atoms with E-state index in [4.69, 9.17) is 0 Å².